The number of nitrogens with one attached hydrogen (secondary N) is 1. The second kappa shape index (κ2) is 6.97. The Morgan fingerprint density at radius 3 is 1.88 bits per heavy atom. The second-order valence-electron chi connectivity index (χ2n) is 9.00. The minimum absolute atomic E-state index is 0.140. The number of hydrogen-bond donors (Lipinski definition) is 4. The average Bonchev–Trinajstić information content (AvgIpc) is 3.04. The maximum Gasteiger partial charge on any atom is 0.266 e. The zero-order valence-electron chi connectivity index (χ0n) is 19.1. The Hall–Kier alpha value is -4.06. The minimum atomic E-state index is -0.913. The van der Waals surface area contributed by atoms with Crippen LogP contribution in [-0.4, -0.2) is 15.1 Å². The second-order valence-corrected chi connectivity index (χ2v) is 9.00. The number of aromatic hydroxyl groups is 1. The van der Waals surface area contributed by atoms with Crippen molar-refractivity contribution in [1.82, 2.24) is 9.97 Å². The molecule has 6 N–H and O–H groups in total. The molecule has 0 amide bonds. The van der Waals surface area contributed by atoms with Gasteiger partial charge in [0.2, 0.25) is 0 Å². The highest BCUT2D eigenvalue weighted by molar-refractivity contribution is 5.84. The molecular weight excluding hydrogens is 412 g/mol. The van der Waals surface area contributed by atoms with Crippen LogP contribution in [0.3, 0.4) is 0 Å². The van der Waals surface area contributed by atoms with Crippen molar-refractivity contribution in [3.8, 4) is 17.0 Å². The van der Waals surface area contributed by atoms with Gasteiger partial charge >= 0.3 is 0 Å². The summed E-state index contributed by atoms with van der Waals surface area (Å²) in [6.07, 6.45) is 1.30. The van der Waals surface area contributed by atoms with Gasteiger partial charge in [-0.1, -0.05) is 24.3 Å². The third kappa shape index (κ3) is 2.80. The molecule has 3 aromatic carbocycles. The highest BCUT2D eigenvalue weighted by Gasteiger charge is 2.48. The molecule has 0 saturated heterocycles. The zero-order chi connectivity index (χ0) is 23.7. The number of hydrogen-bond acceptors (Lipinski definition) is 5. The number of aryl methyl sites for hydroxylation is 4. The Morgan fingerprint density at radius 1 is 0.848 bits per heavy atom. The van der Waals surface area contributed by atoms with Gasteiger partial charge in [0.15, 0.2) is 0 Å². The van der Waals surface area contributed by atoms with Crippen LogP contribution in [0.1, 0.15) is 44.6 Å². The number of nitrogens with zero attached hydrogens (tertiary/aromatic N) is 1. The van der Waals surface area contributed by atoms with Crippen molar-refractivity contribution in [1.29, 1.82) is 0 Å². The van der Waals surface area contributed by atoms with E-state index in [0.717, 1.165) is 55.9 Å². The van der Waals surface area contributed by atoms with Gasteiger partial charge in [-0.05, 0) is 84.8 Å². The molecule has 0 aliphatic heterocycles. The predicted molar refractivity (Wildman–Crippen MR) is 132 cm³/mol. The molecule has 0 spiro atoms. The molecule has 1 aliphatic carbocycles. The summed E-state index contributed by atoms with van der Waals surface area (Å²) in [5, 5.41) is 10.5. The fourth-order valence-electron chi connectivity index (χ4n) is 5.21. The molecule has 1 aliphatic rings. The molecule has 0 saturated carbocycles. The van der Waals surface area contributed by atoms with Gasteiger partial charge in [-0.15, -0.1) is 0 Å². The van der Waals surface area contributed by atoms with Crippen molar-refractivity contribution < 1.29 is 5.11 Å². The molecule has 0 fully saturated rings. The number of aromatic amines is 1. The van der Waals surface area contributed by atoms with Crippen molar-refractivity contribution in [3.63, 3.8) is 0 Å². The maximum atomic E-state index is 12.6. The number of aromatic nitrogens is 2. The van der Waals surface area contributed by atoms with Crippen LogP contribution in [0.4, 0.5) is 11.4 Å². The first-order chi connectivity index (χ1) is 15.6. The van der Waals surface area contributed by atoms with Gasteiger partial charge in [0.25, 0.3) is 5.56 Å². The SMILES string of the molecule is Cc1cc(C2(c3cc(C)c(N)c(C)c3)c3cc(O)ccc3-c3ncc(=O)[nH]c32)cc(C)c1N. The summed E-state index contributed by atoms with van der Waals surface area (Å²) in [5.41, 5.74) is 21.6. The Balaban J connectivity index is 2.04. The van der Waals surface area contributed by atoms with Crippen molar-refractivity contribution in [2.24, 2.45) is 0 Å². The van der Waals surface area contributed by atoms with Gasteiger partial charge in [-0.3, -0.25) is 4.79 Å². The van der Waals surface area contributed by atoms with Gasteiger partial charge in [0, 0.05) is 16.9 Å². The van der Waals surface area contributed by atoms with E-state index < -0.39 is 5.41 Å². The van der Waals surface area contributed by atoms with Gasteiger partial charge in [-0.25, -0.2) is 4.98 Å². The van der Waals surface area contributed by atoms with E-state index in [1.807, 2.05) is 33.8 Å². The average molecular weight is 439 g/mol. The fraction of sp³-hybridized carbons (Fsp3) is 0.185. The Bertz CT molecular complexity index is 1410. The molecule has 1 aromatic heterocycles. The monoisotopic (exact) mass is 438 g/mol. The number of rotatable bonds is 2. The first-order valence-corrected chi connectivity index (χ1v) is 10.8. The van der Waals surface area contributed by atoms with Crippen molar-refractivity contribution in [3.05, 3.63) is 104 Å². The van der Waals surface area contributed by atoms with E-state index in [2.05, 4.69) is 34.2 Å². The highest BCUT2D eigenvalue weighted by atomic mass is 16.3. The molecule has 6 nitrogen and oxygen atoms in total. The summed E-state index contributed by atoms with van der Waals surface area (Å²) in [4.78, 5) is 20.2. The molecule has 1 heterocycles. The van der Waals surface area contributed by atoms with E-state index >= 15 is 0 Å². The van der Waals surface area contributed by atoms with E-state index in [4.69, 9.17) is 11.5 Å². The molecule has 5 rings (SSSR count). The largest absolute Gasteiger partial charge is 0.508 e. The molecule has 0 unspecified atom stereocenters. The molecule has 4 aromatic rings. The van der Waals surface area contributed by atoms with Crippen molar-refractivity contribution in [2.75, 3.05) is 11.5 Å². The number of H-pyrrole nitrogens is 1. The summed E-state index contributed by atoms with van der Waals surface area (Å²) in [5.74, 6) is 0.140. The number of phenolic OH excluding ortho intramolecular Hbond substituents is 1. The lowest BCUT2D eigenvalue weighted by molar-refractivity contribution is 0.474. The van der Waals surface area contributed by atoms with E-state index in [0.29, 0.717) is 11.4 Å². The topological polar surface area (TPSA) is 118 Å². The van der Waals surface area contributed by atoms with Crippen LogP contribution in [0.25, 0.3) is 11.3 Å². The lowest BCUT2D eigenvalue weighted by atomic mass is 9.68. The molecule has 0 atom stereocenters. The van der Waals surface area contributed by atoms with E-state index in [9.17, 15) is 9.90 Å². The Morgan fingerprint density at radius 2 is 1.36 bits per heavy atom. The quantitative estimate of drug-likeness (QED) is 0.308. The van der Waals surface area contributed by atoms with Crippen LogP contribution in [-0.2, 0) is 5.41 Å². The highest BCUT2D eigenvalue weighted by Crippen LogP contribution is 2.56. The van der Waals surface area contributed by atoms with E-state index in [1.54, 1.807) is 12.1 Å². The molecule has 6 heteroatoms. The van der Waals surface area contributed by atoms with Crippen LogP contribution in [0.15, 0.2) is 53.5 Å². The molecule has 0 bridgehead atoms. The standard InChI is InChI=1S/C27H26N4O2/c1-13-7-17(8-14(2)23(13)28)27(18-9-15(3)24(29)16(4)10-18)21-11-19(32)5-6-20(21)25-26(27)31-22(33)12-30-25/h5-12,32H,28-29H2,1-4H3,(H,31,33). The zero-order valence-corrected chi connectivity index (χ0v) is 19.1. The summed E-state index contributed by atoms with van der Waals surface area (Å²) < 4.78 is 0. The van der Waals surface area contributed by atoms with Crippen molar-refractivity contribution >= 4 is 11.4 Å². The first-order valence-electron chi connectivity index (χ1n) is 10.8. The van der Waals surface area contributed by atoms with Crippen LogP contribution in [0, 0.1) is 27.7 Å². The van der Waals surface area contributed by atoms with Gasteiger partial charge in [0.05, 0.1) is 23.0 Å². The predicted octanol–water partition coefficient (Wildman–Crippen LogP) is 4.24. The summed E-state index contributed by atoms with van der Waals surface area (Å²) >= 11 is 0. The van der Waals surface area contributed by atoms with E-state index in [-0.39, 0.29) is 11.3 Å². The smallest absolute Gasteiger partial charge is 0.266 e. The third-order valence-electron chi connectivity index (χ3n) is 6.89. The van der Waals surface area contributed by atoms with Crippen molar-refractivity contribution in [2.45, 2.75) is 33.1 Å². The Kier molecular flexibility index (Phi) is 4.40. The van der Waals surface area contributed by atoms with Gasteiger partial charge in [0.1, 0.15) is 5.75 Å². The van der Waals surface area contributed by atoms with Crippen LogP contribution in [0.2, 0.25) is 0 Å². The summed E-state index contributed by atoms with van der Waals surface area (Å²) in [6, 6.07) is 13.5. The number of nitrogen functional groups attached to an aromatic ring is 2. The third-order valence-corrected chi connectivity index (χ3v) is 6.89. The molecule has 166 valence electrons. The summed E-state index contributed by atoms with van der Waals surface area (Å²) in [7, 11) is 0. The maximum absolute atomic E-state index is 12.6. The molecule has 33 heavy (non-hydrogen) atoms. The summed E-state index contributed by atoms with van der Waals surface area (Å²) in [6.45, 7) is 7.91. The van der Waals surface area contributed by atoms with Crippen LogP contribution < -0.4 is 17.0 Å². The lowest BCUT2D eigenvalue weighted by Crippen LogP contribution is -2.32. The lowest BCUT2D eigenvalue weighted by Gasteiger charge is -2.34. The fourth-order valence-corrected chi connectivity index (χ4v) is 5.21. The van der Waals surface area contributed by atoms with Gasteiger partial charge < -0.3 is 21.6 Å². The van der Waals surface area contributed by atoms with Crippen LogP contribution >= 0.6 is 0 Å². The number of benzene rings is 3. The van der Waals surface area contributed by atoms with Gasteiger partial charge in [-0.2, -0.15) is 0 Å². The number of fused-ring (bicyclic) bond motifs is 3. The van der Waals surface area contributed by atoms with E-state index in [1.165, 1.54) is 6.20 Å². The molecular formula is C27H26N4O2. The molecule has 0 radical (unpaired) electrons. The normalized spacial score (nSPS) is 13.6. The van der Waals surface area contributed by atoms with Crippen LogP contribution in [0.5, 0.6) is 5.75 Å². The number of anilines is 2. The Labute approximate surface area is 191 Å². The number of phenols is 1. The first kappa shape index (κ1) is 20.8. The number of nitrogens with two attached hydrogens (primary N) is 2. The minimum Gasteiger partial charge on any atom is -0.508 e.